The Hall–Kier alpha value is -1.33. The van der Waals surface area contributed by atoms with Gasteiger partial charge in [-0.2, -0.15) is 0 Å². The van der Waals surface area contributed by atoms with Crippen LogP contribution in [-0.2, 0) is 4.74 Å². The van der Waals surface area contributed by atoms with E-state index in [-0.39, 0.29) is 17.9 Å². The predicted octanol–water partition coefficient (Wildman–Crippen LogP) is 1.16. The lowest BCUT2D eigenvalue weighted by molar-refractivity contribution is 0.0200. The van der Waals surface area contributed by atoms with Gasteiger partial charge in [-0.3, -0.25) is 9.78 Å². The number of hydrogen-bond acceptors (Lipinski definition) is 4. The first-order valence-corrected chi connectivity index (χ1v) is 5.61. The van der Waals surface area contributed by atoms with E-state index in [9.17, 15) is 9.18 Å². The molecule has 0 bridgehead atoms. The van der Waals surface area contributed by atoms with Crippen LogP contribution in [0.3, 0.4) is 0 Å². The number of ether oxygens (including phenoxy) is 1. The van der Waals surface area contributed by atoms with Crippen LogP contribution in [0.15, 0.2) is 18.5 Å². The molecule has 0 saturated carbocycles. The highest BCUT2D eigenvalue weighted by Gasteiger charge is 2.39. The van der Waals surface area contributed by atoms with Gasteiger partial charge in [0.25, 0.3) is 0 Å². The Labute approximate surface area is 99.0 Å². The molecule has 1 aliphatic rings. The van der Waals surface area contributed by atoms with Gasteiger partial charge in [0.15, 0.2) is 5.78 Å². The van der Waals surface area contributed by atoms with Gasteiger partial charge in [0.05, 0.1) is 11.6 Å². The number of nitrogens with zero attached hydrogens (tertiary/aromatic N) is 1. The van der Waals surface area contributed by atoms with E-state index in [1.165, 1.54) is 12.3 Å². The second-order valence-corrected chi connectivity index (χ2v) is 4.32. The maximum absolute atomic E-state index is 13.1. The van der Waals surface area contributed by atoms with E-state index in [2.05, 4.69) is 4.98 Å². The van der Waals surface area contributed by atoms with Gasteiger partial charge in [-0.1, -0.05) is 0 Å². The van der Waals surface area contributed by atoms with Crippen LogP contribution in [0.4, 0.5) is 4.39 Å². The minimum Gasteiger partial charge on any atom is -0.381 e. The highest BCUT2D eigenvalue weighted by atomic mass is 19.1. The summed E-state index contributed by atoms with van der Waals surface area (Å²) in [5.41, 5.74) is 5.40. The summed E-state index contributed by atoms with van der Waals surface area (Å²) >= 11 is 0. The first-order valence-electron chi connectivity index (χ1n) is 5.61. The third-order valence-corrected chi connectivity index (χ3v) is 3.29. The fourth-order valence-electron chi connectivity index (χ4n) is 2.13. The Morgan fingerprint density at radius 1 is 1.47 bits per heavy atom. The van der Waals surface area contributed by atoms with Gasteiger partial charge in [0.1, 0.15) is 5.82 Å². The monoisotopic (exact) mass is 238 g/mol. The molecule has 17 heavy (non-hydrogen) atoms. The maximum atomic E-state index is 13.1. The van der Waals surface area contributed by atoms with E-state index in [1.807, 2.05) is 0 Å². The third kappa shape index (κ3) is 2.35. The second-order valence-electron chi connectivity index (χ2n) is 4.32. The second kappa shape index (κ2) is 4.89. The SMILES string of the molecule is NCC1(C(=O)c2cncc(F)c2)CCOCC1. The molecule has 1 fully saturated rings. The van der Waals surface area contributed by atoms with Crippen LogP contribution in [0.5, 0.6) is 0 Å². The van der Waals surface area contributed by atoms with Gasteiger partial charge < -0.3 is 10.5 Å². The summed E-state index contributed by atoms with van der Waals surface area (Å²) in [6, 6.07) is 1.21. The van der Waals surface area contributed by atoms with Crippen molar-refractivity contribution in [2.75, 3.05) is 19.8 Å². The van der Waals surface area contributed by atoms with E-state index in [1.54, 1.807) is 0 Å². The zero-order valence-corrected chi connectivity index (χ0v) is 9.49. The van der Waals surface area contributed by atoms with Crippen molar-refractivity contribution in [2.24, 2.45) is 11.1 Å². The van der Waals surface area contributed by atoms with Crippen molar-refractivity contribution in [3.05, 3.63) is 29.8 Å². The molecule has 4 nitrogen and oxygen atoms in total. The lowest BCUT2D eigenvalue weighted by atomic mass is 9.74. The van der Waals surface area contributed by atoms with Crippen LogP contribution >= 0.6 is 0 Å². The molecule has 0 aliphatic carbocycles. The number of halogens is 1. The van der Waals surface area contributed by atoms with Crippen LogP contribution in [0.2, 0.25) is 0 Å². The van der Waals surface area contributed by atoms with Gasteiger partial charge in [0.2, 0.25) is 0 Å². The predicted molar refractivity (Wildman–Crippen MR) is 60.1 cm³/mol. The normalized spacial score (nSPS) is 18.9. The average molecular weight is 238 g/mol. The fourth-order valence-corrected chi connectivity index (χ4v) is 2.13. The minimum atomic E-state index is -0.617. The largest absolute Gasteiger partial charge is 0.381 e. The van der Waals surface area contributed by atoms with E-state index < -0.39 is 11.2 Å². The molecule has 0 radical (unpaired) electrons. The summed E-state index contributed by atoms with van der Waals surface area (Å²) in [4.78, 5) is 16.1. The molecule has 0 amide bonds. The number of ketones is 1. The van der Waals surface area contributed by atoms with Crippen molar-refractivity contribution in [1.82, 2.24) is 4.98 Å². The molecule has 1 aromatic heterocycles. The summed E-state index contributed by atoms with van der Waals surface area (Å²) in [5, 5.41) is 0. The number of pyridine rings is 1. The lowest BCUT2D eigenvalue weighted by Gasteiger charge is -2.34. The average Bonchev–Trinajstić information content (AvgIpc) is 2.38. The highest BCUT2D eigenvalue weighted by Crippen LogP contribution is 2.33. The Morgan fingerprint density at radius 3 is 2.76 bits per heavy atom. The number of carbonyl (C=O) groups excluding carboxylic acids is 1. The van der Waals surface area contributed by atoms with Gasteiger partial charge in [-0.05, 0) is 18.9 Å². The van der Waals surface area contributed by atoms with E-state index >= 15 is 0 Å². The quantitative estimate of drug-likeness (QED) is 0.802. The molecule has 1 aromatic rings. The molecular weight excluding hydrogens is 223 g/mol. The van der Waals surface area contributed by atoms with Crippen LogP contribution in [0.25, 0.3) is 0 Å². The molecule has 1 saturated heterocycles. The summed E-state index contributed by atoms with van der Waals surface area (Å²) in [7, 11) is 0. The number of rotatable bonds is 3. The van der Waals surface area contributed by atoms with Crippen molar-refractivity contribution >= 4 is 5.78 Å². The van der Waals surface area contributed by atoms with Crippen molar-refractivity contribution in [3.8, 4) is 0 Å². The molecule has 0 aromatic carbocycles. The zero-order valence-electron chi connectivity index (χ0n) is 9.49. The molecule has 5 heteroatoms. The molecule has 0 spiro atoms. The molecule has 92 valence electrons. The molecule has 0 atom stereocenters. The Kier molecular flexibility index (Phi) is 3.49. The van der Waals surface area contributed by atoms with Crippen LogP contribution < -0.4 is 5.73 Å². The van der Waals surface area contributed by atoms with E-state index in [0.29, 0.717) is 26.1 Å². The lowest BCUT2D eigenvalue weighted by Crippen LogP contribution is -2.43. The van der Waals surface area contributed by atoms with Gasteiger partial charge in [-0.25, -0.2) is 4.39 Å². The first-order chi connectivity index (χ1) is 8.18. The molecule has 2 heterocycles. The first kappa shape index (κ1) is 12.1. The number of aromatic nitrogens is 1. The van der Waals surface area contributed by atoms with Gasteiger partial charge >= 0.3 is 0 Å². The Balaban J connectivity index is 2.28. The topological polar surface area (TPSA) is 65.2 Å². The molecule has 2 rings (SSSR count). The van der Waals surface area contributed by atoms with Gasteiger partial charge in [0, 0.05) is 31.5 Å². The van der Waals surface area contributed by atoms with Crippen molar-refractivity contribution in [2.45, 2.75) is 12.8 Å². The van der Waals surface area contributed by atoms with E-state index in [0.717, 1.165) is 6.20 Å². The fraction of sp³-hybridized carbons (Fsp3) is 0.500. The summed E-state index contributed by atoms with van der Waals surface area (Å²) in [6.45, 7) is 1.29. The van der Waals surface area contributed by atoms with Crippen LogP contribution in [0, 0.1) is 11.2 Å². The van der Waals surface area contributed by atoms with E-state index in [4.69, 9.17) is 10.5 Å². The molecule has 1 aliphatic heterocycles. The molecule has 0 unspecified atom stereocenters. The van der Waals surface area contributed by atoms with Crippen molar-refractivity contribution in [1.29, 1.82) is 0 Å². The maximum Gasteiger partial charge on any atom is 0.172 e. The summed E-state index contributed by atoms with van der Waals surface area (Å²) in [6.07, 6.45) is 3.63. The molecule has 2 N–H and O–H groups in total. The van der Waals surface area contributed by atoms with Gasteiger partial charge in [-0.15, -0.1) is 0 Å². The minimum absolute atomic E-state index is 0.129. The molecular formula is C12H15FN2O2. The number of nitrogens with two attached hydrogens (primary N) is 1. The van der Waals surface area contributed by atoms with Crippen LogP contribution in [0.1, 0.15) is 23.2 Å². The van der Waals surface area contributed by atoms with Crippen LogP contribution in [-0.4, -0.2) is 30.5 Å². The number of carbonyl (C=O) groups is 1. The third-order valence-electron chi connectivity index (χ3n) is 3.29. The Bertz CT molecular complexity index is 417. The number of Topliss-reactive ketones (excluding diaryl/α,β-unsaturated/α-hetero) is 1. The van der Waals surface area contributed by atoms with Crippen molar-refractivity contribution < 1.29 is 13.9 Å². The number of hydrogen-bond donors (Lipinski definition) is 1. The smallest absolute Gasteiger partial charge is 0.172 e. The Morgan fingerprint density at radius 2 is 2.18 bits per heavy atom. The standard InChI is InChI=1S/C12H15FN2O2/c13-10-5-9(6-15-7-10)11(16)12(8-14)1-3-17-4-2-12/h5-7H,1-4,8,14H2. The highest BCUT2D eigenvalue weighted by molar-refractivity contribution is 6.00. The summed E-state index contributed by atoms with van der Waals surface area (Å²) in [5.74, 6) is -0.634. The zero-order chi connectivity index (χ0) is 12.3. The summed E-state index contributed by atoms with van der Waals surface area (Å²) < 4.78 is 18.3. The van der Waals surface area contributed by atoms with Crippen molar-refractivity contribution in [3.63, 3.8) is 0 Å².